The Kier molecular flexibility index (Phi) is 3.85. The van der Waals surface area contributed by atoms with Crippen molar-refractivity contribution in [1.82, 2.24) is 0 Å². The zero-order chi connectivity index (χ0) is 15.6. The van der Waals surface area contributed by atoms with Crippen molar-refractivity contribution in [2.45, 2.75) is 13.1 Å². The van der Waals surface area contributed by atoms with Gasteiger partial charge < -0.3 is 5.32 Å². The first-order valence-electron chi connectivity index (χ1n) is 5.96. The van der Waals surface area contributed by atoms with Crippen LogP contribution in [-0.4, -0.2) is 0 Å². The van der Waals surface area contributed by atoms with Crippen LogP contribution in [-0.2, 0) is 6.18 Å². The highest BCUT2D eigenvalue weighted by molar-refractivity contribution is 5.67. The van der Waals surface area contributed by atoms with Crippen LogP contribution in [0.2, 0.25) is 0 Å². The van der Waals surface area contributed by atoms with Crippen molar-refractivity contribution in [3.8, 4) is 6.07 Å². The summed E-state index contributed by atoms with van der Waals surface area (Å²) in [6.07, 6.45) is -4.77. The Morgan fingerprint density at radius 1 is 1.10 bits per heavy atom. The highest BCUT2D eigenvalue weighted by Gasteiger charge is 2.34. The van der Waals surface area contributed by atoms with E-state index in [9.17, 15) is 17.6 Å². The molecule has 2 aromatic carbocycles. The van der Waals surface area contributed by atoms with E-state index in [1.165, 1.54) is 6.07 Å². The van der Waals surface area contributed by atoms with Crippen LogP contribution in [0.25, 0.3) is 0 Å². The van der Waals surface area contributed by atoms with Crippen molar-refractivity contribution in [2.75, 3.05) is 5.32 Å². The molecule has 21 heavy (non-hydrogen) atoms. The van der Waals surface area contributed by atoms with Gasteiger partial charge in [0.2, 0.25) is 0 Å². The molecular formula is C15H10F4N2. The molecule has 0 aliphatic carbocycles. The number of halogens is 4. The van der Waals surface area contributed by atoms with Gasteiger partial charge in [0.25, 0.3) is 0 Å². The fourth-order valence-corrected chi connectivity index (χ4v) is 1.84. The first kappa shape index (κ1) is 14.9. The minimum Gasteiger partial charge on any atom is -0.354 e. The number of aryl methyl sites for hydroxylation is 1. The van der Waals surface area contributed by atoms with Gasteiger partial charge in [-0.1, -0.05) is 6.07 Å². The van der Waals surface area contributed by atoms with Crippen LogP contribution in [0, 0.1) is 24.1 Å². The van der Waals surface area contributed by atoms with Gasteiger partial charge >= 0.3 is 6.18 Å². The van der Waals surface area contributed by atoms with Crippen molar-refractivity contribution >= 4 is 11.4 Å². The highest BCUT2D eigenvalue weighted by Crippen LogP contribution is 2.34. The highest BCUT2D eigenvalue weighted by atomic mass is 19.4. The Hall–Kier alpha value is -2.55. The molecule has 0 bridgehead atoms. The Morgan fingerprint density at radius 2 is 1.81 bits per heavy atom. The van der Waals surface area contributed by atoms with Gasteiger partial charge in [0.05, 0.1) is 16.8 Å². The van der Waals surface area contributed by atoms with Gasteiger partial charge in [-0.25, -0.2) is 4.39 Å². The summed E-state index contributed by atoms with van der Waals surface area (Å²) in [5.74, 6) is -1.34. The van der Waals surface area contributed by atoms with E-state index in [0.717, 1.165) is 11.6 Å². The van der Waals surface area contributed by atoms with Crippen molar-refractivity contribution in [3.05, 3.63) is 58.9 Å². The average molecular weight is 294 g/mol. The molecule has 0 aliphatic rings. The van der Waals surface area contributed by atoms with Crippen molar-refractivity contribution in [3.63, 3.8) is 0 Å². The molecule has 2 nitrogen and oxygen atoms in total. The summed E-state index contributed by atoms with van der Waals surface area (Å²) in [6.45, 7) is 1.80. The van der Waals surface area contributed by atoms with E-state index in [2.05, 4.69) is 5.32 Å². The zero-order valence-corrected chi connectivity index (χ0v) is 10.9. The number of hydrogen-bond donors (Lipinski definition) is 1. The molecule has 0 unspecified atom stereocenters. The summed E-state index contributed by atoms with van der Waals surface area (Å²) in [6, 6.07) is 9.47. The molecule has 0 heterocycles. The van der Waals surface area contributed by atoms with Crippen molar-refractivity contribution in [2.24, 2.45) is 0 Å². The van der Waals surface area contributed by atoms with E-state index >= 15 is 0 Å². The van der Waals surface area contributed by atoms with Crippen LogP contribution in [0.15, 0.2) is 36.4 Å². The van der Waals surface area contributed by atoms with Crippen LogP contribution >= 0.6 is 0 Å². The van der Waals surface area contributed by atoms with E-state index in [-0.39, 0.29) is 5.69 Å². The first-order chi connectivity index (χ1) is 9.81. The number of nitrogens with one attached hydrogen (secondary N) is 1. The van der Waals surface area contributed by atoms with Gasteiger partial charge in [-0.2, -0.15) is 18.4 Å². The number of anilines is 2. The maximum atomic E-state index is 13.2. The van der Waals surface area contributed by atoms with Gasteiger partial charge in [0.1, 0.15) is 11.9 Å². The average Bonchev–Trinajstić information content (AvgIpc) is 2.41. The predicted molar refractivity (Wildman–Crippen MR) is 70.6 cm³/mol. The zero-order valence-electron chi connectivity index (χ0n) is 10.9. The van der Waals surface area contributed by atoms with Gasteiger partial charge in [-0.3, -0.25) is 0 Å². The lowest BCUT2D eigenvalue weighted by molar-refractivity contribution is -0.139. The largest absolute Gasteiger partial charge is 0.419 e. The van der Waals surface area contributed by atoms with Crippen molar-refractivity contribution in [1.29, 1.82) is 5.26 Å². The summed E-state index contributed by atoms with van der Waals surface area (Å²) >= 11 is 0. The van der Waals surface area contributed by atoms with E-state index in [1.807, 2.05) is 6.07 Å². The standard InChI is InChI=1S/C15H10F4N2/c1-9-2-5-14(10(6-9)8-20)21-11-3-4-13(16)12(7-11)15(17,18)19/h2-7,21H,1H3. The predicted octanol–water partition coefficient (Wildman–Crippen LogP) is 4.77. The Bertz CT molecular complexity index is 715. The molecular weight excluding hydrogens is 284 g/mol. The molecule has 0 aromatic heterocycles. The summed E-state index contributed by atoms with van der Waals surface area (Å²) in [5, 5.41) is 11.7. The minimum atomic E-state index is -4.77. The maximum absolute atomic E-state index is 13.2. The molecule has 1 N–H and O–H groups in total. The van der Waals surface area contributed by atoms with Crippen LogP contribution in [0.3, 0.4) is 0 Å². The van der Waals surface area contributed by atoms with Crippen LogP contribution in [0.4, 0.5) is 28.9 Å². The summed E-state index contributed by atoms with van der Waals surface area (Å²) < 4.78 is 51.1. The third-order valence-electron chi connectivity index (χ3n) is 2.85. The quantitative estimate of drug-likeness (QED) is 0.810. The summed E-state index contributed by atoms with van der Waals surface area (Å²) in [4.78, 5) is 0. The van der Waals surface area contributed by atoms with Crippen molar-refractivity contribution < 1.29 is 17.6 Å². The lowest BCUT2D eigenvalue weighted by Gasteiger charge is -2.12. The van der Waals surface area contributed by atoms with E-state index in [1.54, 1.807) is 25.1 Å². The molecule has 0 fully saturated rings. The summed E-state index contributed by atoms with van der Waals surface area (Å²) in [5.41, 5.74) is 0.227. The second-order valence-electron chi connectivity index (χ2n) is 4.48. The molecule has 2 aromatic rings. The fraction of sp³-hybridized carbons (Fsp3) is 0.133. The lowest BCUT2D eigenvalue weighted by Crippen LogP contribution is -2.08. The maximum Gasteiger partial charge on any atom is 0.419 e. The SMILES string of the molecule is Cc1ccc(Nc2ccc(F)c(C(F)(F)F)c2)c(C#N)c1. The topological polar surface area (TPSA) is 35.8 Å². The molecule has 0 aliphatic heterocycles. The Balaban J connectivity index is 2.40. The molecule has 108 valence electrons. The van der Waals surface area contributed by atoms with Gasteiger partial charge in [0.15, 0.2) is 0 Å². The minimum absolute atomic E-state index is 0.0593. The second-order valence-corrected chi connectivity index (χ2v) is 4.48. The smallest absolute Gasteiger partial charge is 0.354 e. The van der Waals surface area contributed by atoms with E-state index < -0.39 is 17.6 Å². The van der Waals surface area contributed by atoms with Gasteiger partial charge in [-0.05, 0) is 42.8 Å². The molecule has 0 atom stereocenters. The molecule has 0 saturated carbocycles. The summed E-state index contributed by atoms with van der Waals surface area (Å²) in [7, 11) is 0. The van der Waals surface area contributed by atoms with Crippen LogP contribution in [0.1, 0.15) is 16.7 Å². The third kappa shape index (κ3) is 3.31. The molecule has 0 radical (unpaired) electrons. The van der Waals surface area contributed by atoms with E-state index in [4.69, 9.17) is 5.26 Å². The molecule has 0 saturated heterocycles. The van der Waals surface area contributed by atoms with Crippen LogP contribution in [0.5, 0.6) is 0 Å². The van der Waals surface area contributed by atoms with Gasteiger partial charge in [-0.15, -0.1) is 0 Å². The fourth-order valence-electron chi connectivity index (χ4n) is 1.84. The number of nitriles is 1. The third-order valence-corrected chi connectivity index (χ3v) is 2.85. The molecule has 0 amide bonds. The number of hydrogen-bond acceptors (Lipinski definition) is 2. The molecule has 0 spiro atoms. The number of alkyl halides is 3. The molecule has 6 heteroatoms. The first-order valence-corrected chi connectivity index (χ1v) is 5.96. The number of nitrogens with zero attached hydrogens (tertiary/aromatic N) is 1. The number of rotatable bonds is 2. The monoisotopic (exact) mass is 294 g/mol. The Morgan fingerprint density at radius 3 is 2.43 bits per heavy atom. The van der Waals surface area contributed by atoms with Crippen LogP contribution < -0.4 is 5.32 Å². The van der Waals surface area contributed by atoms with Gasteiger partial charge in [0, 0.05) is 5.69 Å². The lowest BCUT2D eigenvalue weighted by atomic mass is 10.1. The van der Waals surface area contributed by atoms with E-state index in [0.29, 0.717) is 17.3 Å². The number of benzene rings is 2. The second kappa shape index (κ2) is 5.44. The normalized spacial score (nSPS) is 11.0. The molecule has 2 rings (SSSR count). The Labute approximate surface area is 118 Å².